The summed E-state index contributed by atoms with van der Waals surface area (Å²) in [7, 11) is 0. The van der Waals surface area contributed by atoms with Crippen molar-refractivity contribution in [3.05, 3.63) is 54.8 Å². The number of nitrogens with one attached hydrogen (secondary N) is 1. The van der Waals surface area contributed by atoms with Gasteiger partial charge in [-0.15, -0.1) is 11.3 Å². The molecule has 1 nitrogen and oxygen atoms in total. The summed E-state index contributed by atoms with van der Waals surface area (Å²) in [5, 5.41) is 3.40. The van der Waals surface area contributed by atoms with E-state index in [4.69, 9.17) is 0 Å². The summed E-state index contributed by atoms with van der Waals surface area (Å²) >= 11 is 8.85. The molecule has 0 bridgehead atoms. The Bertz CT molecular complexity index is 594. The van der Waals surface area contributed by atoms with E-state index in [1.54, 1.807) is 23.5 Å². The van der Waals surface area contributed by atoms with Gasteiger partial charge in [0, 0.05) is 27.7 Å². The first kappa shape index (κ1) is 14.7. The number of hydrogen-bond acceptors (Lipinski definition) is 2. The second kappa shape index (κ2) is 6.26. The Hall–Kier alpha value is -0.230. The Morgan fingerprint density at radius 2 is 2.00 bits per heavy atom. The van der Waals surface area contributed by atoms with Gasteiger partial charge in [0.25, 0.3) is 0 Å². The molecule has 1 aromatic carbocycles. The van der Waals surface area contributed by atoms with Crippen LogP contribution in [0, 0.1) is 5.82 Å². The molecule has 2 aromatic rings. The van der Waals surface area contributed by atoms with Gasteiger partial charge in [0.1, 0.15) is 5.82 Å². The normalized spacial score (nSPS) is 22.9. The topological polar surface area (TPSA) is 12.0 Å². The summed E-state index contributed by atoms with van der Waals surface area (Å²) in [5.74, 6) is 0.476. The molecule has 1 saturated heterocycles. The lowest BCUT2D eigenvalue weighted by Crippen LogP contribution is -2.34. The number of rotatable bonds is 2. The summed E-state index contributed by atoms with van der Waals surface area (Å²) in [6.07, 6.45) is 1.04. The molecule has 3 rings (SSSR count). The number of thiophene rings is 1. The third-order valence-corrected chi connectivity index (χ3v) is 7.20. The molecule has 2 heterocycles. The Morgan fingerprint density at radius 3 is 2.70 bits per heavy atom. The van der Waals surface area contributed by atoms with E-state index in [9.17, 15) is 4.39 Å². The molecule has 20 heavy (non-hydrogen) atoms. The fourth-order valence-electron chi connectivity index (χ4n) is 2.85. The minimum absolute atomic E-state index is 0.0964. The monoisotopic (exact) mass is 417 g/mol. The molecular formula is C15H14Br2FNS. The third-order valence-electron chi connectivity index (χ3n) is 3.82. The molecule has 2 unspecified atom stereocenters. The Balaban J connectivity index is 1.97. The van der Waals surface area contributed by atoms with E-state index < -0.39 is 0 Å². The minimum atomic E-state index is -0.0964. The Morgan fingerprint density at radius 1 is 1.20 bits per heavy atom. The second-order valence-corrected chi connectivity index (χ2v) is 8.25. The number of piperidine rings is 1. The molecule has 1 fully saturated rings. The van der Waals surface area contributed by atoms with Crippen molar-refractivity contribution in [3.8, 4) is 0 Å². The van der Waals surface area contributed by atoms with Gasteiger partial charge in [0.15, 0.2) is 0 Å². The van der Waals surface area contributed by atoms with Crippen LogP contribution in [0.25, 0.3) is 0 Å². The van der Waals surface area contributed by atoms with E-state index in [0.717, 1.165) is 33.3 Å². The number of benzene rings is 1. The van der Waals surface area contributed by atoms with Crippen LogP contribution in [0.1, 0.15) is 28.7 Å². The van der Waals surface area contributed by atoms with Crippen LogP contribution in [0.3, 0.4) is 0 Å². The quantitative estimate of drug-likeness (QED) is 0.700. The predicted octanol–water partition coefficient (Wildman–Crippen LogP) is 5.27. The maximum absolute atomic E-state index is 14.1. The van der Waals surface area contributed by atoms with Gasteiger partial charge >= 0.3 is 0 Å². The van der Waals surface area contributed by atoms with Gasteiger partial charge in [-0.25, -0.2) is 4.39 Å². The Labute approximate surface area is 138 Å². The lowest BCUT2D eigenvalue weighted by Gasteiger charge is -2.32. The molecule has 1 aromatic heterocycles. The lowest BCUT2D eigenvalue weighted by atomic mass is 9.80. The first-order valence-electron chi connectivity index (χ1n) is 6.56. The van der Waals surface area contributed by atoms with Crippen LogP contribution < -0.4 is 5.32 Å². The van der Waals surface area contributed by atoms with Crippen molar-refractivity contribution in [2.24, 2.45) is 0 Å². The van der Waals surface area contributed by atoms with Crippen molar-refractivity contribution in [1.29, 1.82) is 0 Å². The molecule has 2 atom stereocenters. The summed E-state index contributed by atoms with van der Waals surface area (Å²) in [6.45, 7) is 1.82. The molecule has 0 amide bonds. The van der Waals surface area contributed by atoms with Gasteiger partial charge in [-0.2, -0.15) is 0 Å². The summed E-state index contributed by atoms with van der Waals surface area (Å²) in [5.41, 5.74) is 0.824. The van der Waals surface area contributed by atoms with Gasteiger partial charge in [0.05, 0.1) is 3.79 Å². The third kappa shape index (κ3) is 2.86. The maximum atomic E-state index is 14.1. The van der Waals surface area contributed by atoms with Crippen LogP contribution in [0.5, 0.6) is 0 Å². The molecule has 0 aliphatic carbocycles. The molecule has 0 spiro atoms. The fraction of sp³-hybridized carbons (Fsp3) is 0.333. The lowest BCUT2D eigenvalue weighted by molar-refractivity contribution is 0.397. The molecule has 1 N–H and O–H groups in total. The van der Waals surface area contributed by atoms with E-state index >= 15 is 0 Å². The minimum Gasteiger partial charge on any atom is -0.316 e. The predicted molar refractivity (Wildman–Crippen MR) is 89.1 cm³/mol. The average Bonchev–Trinajstić information content (AvgIpc) is 2.79. The average molecular weight is 419 g/mol. The van der Waals surface area contributed by atoms with E-state index in [1.807, 2.05) is 12.1 Å². The van der Waals surface area contributed by atoms with Gasteiger partial charge in [-0.3, -0.25) is 0 Å². The highest BCUT2D eigenvalue weighted by Crippen LogP contribution is 2.44. The van der Waals surface area contributed by atoms with Crippen LogP contribution in [0.4, 0.5) is 4.39 Å². The molecule has 1 aliphatic heterocycles. The molecule has 0 radical (unpaired) electrons. The van der Waals surface area contributed by atoms with Crippen molar-refractivity contribution in [2.45, 2.75) is 18.3 Å². The van der Waals surface area contributed by atoms with Crippen LogP contribution in [-0.2, 0) is 0 Å². The highest BCUT2D eigenvalue weighted by atomic mass is 79.9. The number of hydrogen-bond donors (Lipinski definition) is 1. The van der Waals surface area contributed by atoms with Gasteiger partial charge in [-0.1, -0.05) is 18.2 Å². The highest BCUT2D eigenvalue weighted by Gasteiger charge is 2.30. The van der Waals surface area contributed by atoms with Crippen molar-refractivity contribution < 1.29 is 4.39 Å². The first-order chi connectivity index (χ1) is 9.66. The largest absolute Gasteiger partial charge is 0.316 e. The SMILES string of the molecule is Fc1ccccc1C1CNCCC1c1cc(Br)c(Br)s1. The van der Waals surface area contributed by atoms with Crippen molar-refractivity contribution in [2.75, 3.05) is 13.1 Å². The molecule has 1 aliphatic rings. The van der Waals surface area contributed by atoms with Crippen LogP contribution in [0.15, 0.2) is 38.6 Å². The summed E-state index contributed by atoms with van der Waals surface area (Å²) < 4.78 is 16.3. The van der Waals surface area contributed by atoms with E-state index in [1.165, 1.54) is 4.88 Å². The zero-order chi connectivity index (χ0) is 14.1. The zero-order valence-corrected chi connectivity index (χ0v) is 14.7. The van der Waals surface area contributed by atoms with Gasteiger partial charge < -0.3 is 5.32 Å². The van der Waals surface area contributed by atoms with Crippen molar-refractivity contribution in [1.82, 2.24) is 5.32 Å². The molecule has 106 valence electrons. The molecular weight excluding hydrogens is 405 g/mol. The van der Waals surface area contributed by atoms with Crippen molar-refractivity contribution >= 4 is 43.2 Å². The van der Waals surface area contributed by atoms with E-state index in [2.05, 4.69) is 43.2 Å². The maximum Gasteiger partial charge on any atom is 0.126 e. The summed E-state index contributed by atoms with van der Waals surface area (Å²) in [6, 6.07) is 9.31. The van der Waals surface area contributed by atoms with Crippen LogP contribution >= 0.6 is 43.2 Å². The second-order valence-electron chi connectivity index (χ2n) is 5.00. The van der Waals surface area contributed by atoms with Gasteiger partial charge in [0.2, 0.25) is 0 Å². The van der Waals surface area contributed by atoms with E-state index in [-0.39, 0.29) is 11.7 Å². The zero-order valence-electron chi connectivity index (χ0n) is 10.7. The Kier molecular flexibility index (Phi) is 4.60. The van der Waals surface area contributed by atoms with Gasteiger partial charge in [-0.05, 0) is 62.5 Å². The standard InChI is InChI=1S/C15H14Br2FNS/c16-12-7-14(20-15(12)17)10-5-6-19-8-11(10)9-3-1-2-4-13(9)18/h1-4,7,10-11,19H,5-6,8H2. The first-order valence-corrected chi connectivity index (χ1v) is 8.97. The van der Waals surface area contributed by atoms with E-state index in [0.29, 0.717) is 5.92 Å². The van der Waals surface area contributed by atoms with Crippen molar-refractivity contribution in [3.63, 3.8) is 0 Å². The summed E-state index contributed by atoms with van der Waals surface area (Å²) in [4.78, 5) is 1.32. The van der Waals surface area contributed by atoms with Crippen LogP contribution in [-0.4, -0.2) is 13.1 Å². The molecule has 0 saturated carbocycles. The molecule has 5 heteroatoms. The van der Waals surface area contributed by atoms with Crippen LogP contribution in [0.2, 0.25) is 0 Å². The highest BCUT2D eigenvalue weighted by molar-refractivity contribution is 9.13. The fourth-order valence-corrected chi connectivity index (χ4v) is 5.14. The smallest absolute Gasteiger partial charge is 0.126 e. The number of halogens is 3.